The van der Waals surface area contributed by atoms with Crippen molar-refractivity contribution in [2.75, 3.05) is 11.1 Å². The van der Waals surface area contributed by atoms with Crippen molar-refractivity contribution in [2.45, 2.75) is 25.4 Å². The van der Waals surface area contributed by atoms with Crippen LogP contribution in [0.5, 0.6) is 0 Å². The molecule has 0 unspecified atom stereocenters. The van der Waals surface area contributed by atoms with Gasteiger partial charge in [-0.15, -0.1) is 11.3 Å². The van der Waals surface area contributed by atoms with E-state index in [4.69, 9.17) is 0 Å². The molecule has 2 heterocycles. The number of hydrogen-bond donors (Lipinski definition) is 1. The Kier molecular flexibility index (Phi) is 6.01. The van der Waals surface area contributed by atoms with Gasteiger partial charge in [0.2, 0.25) is 5.91 Å². The lowest BCUT2D eigenvalue weighted by atomic mass is 10.1. The van der Waals surface area contributed by atoms with Gasteiger partial charge in [-0.25, -0.2) is 4.98 Å². The zero-order valence-corrected chi connectivity index (χ0v) is 18.3. The molecule has 0 aliphatic heterocycles. The Morgan fingerprint density at radius 1 is 1.17 bits per heavy atom. The number of thioether (sulfide) groups is 1. The first kappa shape index (κ1) is 20.4. The molecule has 7 heteroatoms. The minimum Gasteiger partial charge on any atom is -0.325 e. The SMILES string of the molecule is CCc1cccc(NC(=O)CSc2nc3ccsc3c(=O)n2-c2cccc(C)c2)c1. The van der Waals surface area contributed by atoms with Gasteiger partial charge in [0.15, 0.2) is 5.16 Å². The Morgan fingerprint density at radius 3 is 2.80 bits per heavy atom. The van der Waals surface area contributed by atoms with Crippen molar-refractivity contribution in [3.8, 4) is 5.69 Å². The molecule has 30 heavy (non-hydrogen) atoms. The number of amides is 1. The summed E-state index contributed by atoms with van der Waals surface area (Å²) >= 11 is 2.64. The van der Waals surface area contributed by atoms with Crippen LogP contribution in [-0.2, 0) is 11.2 Å². The van der Waals surface area contributed by atoms with E-state index < -0.39 is 0 Å². The number of benzene rings is 2. The predicted octanol–water partition coefficient (Wildman–Crippen LogP) is 5.05. The first-order valence-corrected chi connectivity index (χ1v) is 11.5. The summed E-state index contributed by atoms with van der Waals surface area (Å²) in [4.78, 5) is 30.4. The van der Waals surface area contributed by atoms with Gasteiger partial charge in [0, 0.05) is 5.69 Å². The molecule has 4 rings (SSSR count). The van der Waals surface area contributed by atoms with Gasteiger partial charge >= 0.3 is 0 Å². The van der Waals surface area contributed by atoms with E-state index in [-0.39, 0.29) is 17.2 Å². The first-order valence-electron chi connectivity index (χ1n) is 9.64. The number of hydrogen-bond acceptors (Lipinski definition) is 5. The molecular weight excluding hydrogens is 414 g/mol. The van der Waals surface area contributed by atoms with Crippen LogP contribution < -0.4 is 10.9 Å². The number of aryl methyl sites for hydroxylation is 2. The van der Waals surface area contributed by atoms with E-state index in [1.54, 1.807) is 4.57 Å². The van der Waals surface area contributed by atoms with Gasteiger partial charge in [-0.1, -0.05) is 43.0 Å². The van der Waals surface area contributed by atoms with E-state index in [9.17, 15) is 9.59 Å². The number of nitrogens with zero attached hydrogens (tertiary/aromatic N) is 2. The van der Waals surface area contributed by atoms with E-state index in [0.717, 1.165) is 23.4 Å². The number of thiophene rings is 1. The second-order valence-electron chi connectivity index (χ2n) is 6.90. The molecule has 0 spiro atoms. The maximum absolute atomic E-state index is 13.1. The Morgan fingerprint density at radius 2 is 2.00 bits per heavy atom. The van der Waals surface area contributed by atoms with Crippen LogP contribution in [0.15, 0.2) is 69.9 Å². The number of rotatable bonds is 6. The average Bonchev–Trinajstić information content (AvgIpc) is 3.21. The third kappa shape index (κ3) is 4.32. The standard InChI is InChI=1S/C23H21N3O2S2/c1-3-16-7-5-8-17(13-16)24-20(27)14-30-23-25-19-10-11-29-21(19)22(28)26(23)18-9-4-6-15(2)12-18/h4-13H,3,14H2,1-2H3,(H,24,27). The van der Waals surface area contributed by atoms with Gasteiger partial charge in [0.25, 0.3) is 5.56 Å². The number of nitrogens with one attached hydrogen (secondary N) is 1. The third-order valence-electron chi connectivity index (χ3n) is 4.66. The normalized spacial score (nSPS) is 11.0. The molecule has 0 aliphatic carbocycles. The van der Waals surface area contributed by atoms with E-state index in [1.165, 1.54) is 28.7 Å². The van der Waals surface area contributed by atoms with Crippen molar-refractivity contribution >= 4 is 44.9 Å². The van der Waals surface area contributed by atoms with Crippen molar-refractivity contribution < 1.29 is 4.79 Å². The average molecular weight is 436 g/mol. The third-order valence-corrected chi connectivity index (χ3v) is 6.49. The molecule has 0 bridgehead atoms. The summed E-state index contributed by atoms with van der Waals surface area (Å²) in [5.74, 6) is 0.0215. The fraction of sp³-hybridized carbons (Fsp3) is 0.174. The van der Waals surface area contributed by atoms with Crippen molar-refractivity contribution in [3.63, 3.8) is 0 Å². The van der Waals surface area contributed by atoms with Crippen molar-refractivity contribution in [3.05, 3.63) is 81.5 Å². The van der Waals surface area contributed by atoms with Crippen LogP contribution >= 0.6 is 23.1 Å². The topological polar surface area (TPSA) is 64.0 Å². The molecule has 1 amide bonds. The highest BCUT2D eigenvalue weighted by molar-refractivity contribution is 7.99. The van der Waals surface area contributed by atoms with Crippen LogP contribution in [0.3, 0.4) is 0 Å². The summed E-state index contributed by atoms with van der Waals surface area (Å²) in [6.45, 7) is 4.06. The second kappa shape index (κ2) is 8.85. The molecule has 0 aliphatic rings. The highest BCUT2D eigenvalue weighted by Gasteiger charge is 2.16. The van der Waals surface area contributed by atoms with Crippen LogP contribution in [0.2, 0.25) is 0 Å². The number of carbonyl (C=O) groups is 1. The largest absolute Gasteiger partial charge is 0.325 e. The maximum Gasteiger partial charge on any atom is 0.276 e. The Hall–Kier alpha value is -2.90. The van der Waals surface area contributed by atoms with Crippen LogP contribution in [0, 0.1) is 6.92 Å². The van der Waals surface area contributed by atoms with Gasteiger partial charge in [-0.05, 0) is 60.2 Å². The molecule has 2 aromatic heterocycles. The first-order chi connectivity index (χ1) is 14.5. The molecule has 0 radical (unpaired) electrons. The highest BCUT2D eigenvalue weighted by Crippen LogP contribution is 2.24. The fourth-order valence-electron chi connectivity index (χ4n) is 3.18. The van der Waals surface area contributed by atoms with Gasteiger partial charge < -0.3 is 5.32 Å². The maximum atomic E-state index is 13.1. The summed E-state index contributed by atoms with van der Waals surface area (Å²) in [5.41, 5.74) is 4.29. The molecule has 0 saturated heterocycles. The summed E-state index contributed by atoms with van der Waals surface area (Å²) < 4.78 is 2.21. The quantitative estimate of drug-likeness (QED) is 0.340. The zero-order chi connectivity index (χ0) is 21.1. The van der Waals surface area contributed by atoms with E-state index in [0.29, 0.717) is 15.4 Å². The van der Waals surface area contributed by atoms with E-state index in [1.807, 2.05) is 66.9 Å². The lowest BCUT2D eigenvalue weighted by molar-refractivity contribution is -0.113. The summed E-state index contributed by atoms with van der Waals surface area (Å²) in [7, 11) is 0. The predicted molar refractivity (Wildman–Crippen MR) is 125 cm³/mol. The minimum atomic E-state index is -0.135. The highest BCUT2D eigenvalue weighted by atomic mass is 32.2. The second-order valence-corrected chi connectivity index (χ2v) is 8.76. The monoisotopic (exact) mass is 435 g/mol. The molecule has 0 fully saturated rings. The molecule has 0 saturated carbocycles. The van der Waals surface area contributed by atoms with Gasteiger partial charge in [-0.2, -0.15) is 0 Å². The van der Waals surface area contributed by atoms with Gasteiger partial charge in [0.1, 0.15) is 4.70 Å². The Labute approximate surface area is 182 Å². The Bertz CT molecular complexity index is 1280. The molecular formula is C23H21N3O2S2. The molecule has 2 aromatic carbocycles. The number of anilines is 1. The van der Waals surface area contributed by atoms with Crippen LogP contribution in [0.4, 0.5) is 5.69 Å². The lowest BCUT2D eigenvalue weighted by Crippen LogP contribution is -2.22. The van der Waals surface area contributed by atoms with E-state index >= 15 is 0 Å². The summed E-state index contributed by atoms with van der Waals surface area (Å²) in [6.07, 6.45) is 0.909. The molecule has 1 N–H and O–H groups in total. The van der Waals surface area contributed by atoms with Crippen LogP contribution in [0.25, 0.3) is 15.9 Å². The smallest absolute Gasteiger partial charge is 0.276 e. The van der Waals surface area contributed by atoms with Crippen molar-refractivity contribution in [2.24, 2.45) is 0 Å². The number of carbonyl (C=O) groups excluding carboxylic acids is 1. The molecule has 0 atom stereocenters. The fourth-order valence-corrected chi connectivity index (χ4v) is 4.75. The zero-order valence-electron chi connectivity index (χ0n) is 16.7. The van der Waals surface area contributed by atoms with Crippen molar-refractivity contribution in [1.82, 2.24) is 9.55 Å². The Balaban J connectivity index is 1.62. The van der Waals surface area contributed by atoms with E-state index in [2.05, 4.69) is 17.2 Å². The molecule has 4 aromatic rings. The number of fused-ring (bicyclic) bond motifs is 1. The van der Waals surface area contributed by atoms with Gasteiger partial charge in [0.05, 0.1) is 17.0 Å². The molecule has 152 valence electrons. The van der Waals surface area contributed by atoms with Crippen molar-refractivity contribution in [1.29, 1.82) is 0 Å². The lowest BCUT2D eigenvalue weighted by Gasteiger charge is -2.13. The summed E-state index contributed by atoms with van der Waals surface area (Å²) in [5, 5.41) is 5.30. The van der Waals surface area contributed by atoms with Gasteiger partial charge in [-0.3, -0.25) is 14.2 Å². The van der Waals surface area contributed by atoms with Crippen LogP contribution in [-0.4, -0.2) is 21.2 Å². The number of aromatic nitrogens is 2. The van der Waals surface area contributed by atoms with Crippen LogP contribution in [0.1, 0.15) is 18.1 Å². The minimum absolute atomic E-state index is 0.112. The molecule has 5 nitrogen and oxygen atoms in total. The summed E-state index contributed by atoms with van der Waals surface area (Å²) in [6, 6.07) is 17.4.